The van der Waals surface area contributed by atoms with Gasteiger partial charge < -0.3 is 18.9 Å². The van der Waals surface area contributed by atoms with Crippen LogP contribution in [0.4, 0.5) is 0 Å². The molecule has 0 bridgehead atoms. The maximum Gasteiger partial charge on any atom is 0.153 e. The molecule has 0 spiro atoms. The fraction of sp³-hybridized carbons (Fsp3) is 0.750. The number of carbonyl (C=O) groups excluding carboxylic acids is 1. The van der Waals surface area contributed by atoms with E-state index < -0.39 is 0 Å². The fourth-order valence-corrected chi connectivity index (χ4v) is 4.95. The van der Waals surface area contributed by atoms with Gasteiger partial charge in [0.1, 0.15) is 6.23 Å². The Morgan fingerprint density at radius 2 is 2.10 bits per heavy atom. The van der Waals surface area contributed by atoms with E-state index in [9.17, 15) is 4.79 Å². The molecule has 3 aliphatic rings. The summed E-state index contributed by atoms with van der Waals surface area (Å²) in [6.07, 6.45) is 13.0. The number of aldehydes is 1. The van der Waals surface area contributed by atoms with Gasteiger partial charge in [-0.15, -0.1) is 0 Å². The van der Waals surface area contributed by atoms with Gasteiger partial charge in [0, 0.05) is 45.1 Å². The molecule has 1 aromatic heterocycles. The van der Waals surface area contributed by atoms with Gasteiger partial charge in [0.2, 0.25) is 0 Å². The molecule has 1 aliphatic carbocycles. The number of nitrogens with zero attached hydrogens (tertiary/aromatic N) is 2. The zero-order valence-electron chi connectivity index (χ0n) is 18.7. The summed E-state index contributed by atoms with van der Waals surface area (Å²) in [4.78, 5) is 11.7. The molecule has 0 radical (unpaired) electrons. The molecule has 31 heavy (non-hydrogen) atoms. The average Bonchev–Trinajstić information content (AvgIpc) is 3.26. The number of rotatable bonds is 9. The van der Waals surface area contributed by atoms with Crippen LogP contribution >= 0.6 is 0 Å². The van der Waals surface area contributed by atoms with Crippen LogP contribution in [0.25, 0.3) is 5.57 Å². The van der Waals surface area contributed by atoms with Crippen LogP contribution in [0.5, 0.6) is 0 Å². The zero-order valence-corrected chi connectivity index (χ0v) is 18.7. The number of hydrogen-bond donors (Lipinski definition) is 0. The Morgan fingerprint density at radius 1 is 1.23 bits per heavy atom. The highest BCUT2D eigenvalue weighted by Crippen LogP contribution is 2.40. The van der Waals surface area contributed by atoms with Crippen molar-refractivity contribution in [3.05, 3.63) is 23.5 Å². The minimum absolute atomic E-state index is 0.0141. The second kappa shape index (κ2) is 10.9. The Kier molecular flexibility index (Phi) is 7.93. The average molecular weight is 433 g/mol. The smallest absolute Gasteiger partial charge is 0.153 e. The normalized spacial score (nSPS) is 27.8. The Labute approximate surface area is 185 Å². The molecule has 7 heteroatoms. The predicted octanol–water partition coefficient (Wildman–Crippen LogP) is 4.04. The lowest BCUT2D eigenvalue weighted by molar-refractivity contribution is -0.0397. The summed E-state index contributed by atoms with van der Waals surface area (Å²) in [5.41, 5.74) is 2.58. The van der Waals surface area contributed by atoms with Crippen LogP contribution in [0, 0.1) is 11.3 Å². The predicted molar refractivity (Wildman–Crippen MR) is 117 cm³/mol. The molecule has 7 nitrogen and oxygen atoms in total. The summed E-state index contributed by atoms with van der Waals surface area (Å²) in [6.45, 7) is 4.63. The van der Waals surface area contributed by atoms with Crippen LogP contribution in [0.2, 0.25) is 0 Å². The van der Waals surface area contributed by atoms with E-state index in [1.54, 1.807) is 7.11 Å². The number of methoxy groups -OCH3 is 1. The number of carbonyl (C=O) groups is 1. The van der Waals surface area contributed by atoms with Gasteiger partial charge in [-0.1, -0.05) is 6.08 Å². The fourth-order valence-electron chi connectivity index (χ4n) is 4.95. The molecule has 0 N–H and O–H groups in total. The number of ether oxygens (including phenoxy) is 4. The molecule has 2 unspecified atom stereocenters. The molecule has 2 fully saturated rings. The van der Waals surface area contributed by atoms with E-state index in [-0.39, 0.29) is 11.6 Å². The van der Waals surface area contributed by atoms with Crippen molar-refractivity contribution in [2.75, 3.05) is 46.8 Å². The van der Waals surface area contributed by atoms with Crippen LogP contribution in [-0.2, 0) is 18.9 Å². The van der Waals surface area contributed by atoms with Gasteiger partial charge in [-0.25, -0.2) is 4.68 Å². The van der Waals surface area contributed by atoms with Gasteiger partial charge in [0.25, 0.3) is 0 Å². The highest BCUT2D eigenvalue weighted by atomic mass is 16.5. The van der Waals surface area contributed by atoms with Crippen molar-refractivity contribution in [1.29, 1.82) is 0 Å². The monoisotopic (exact) mass is 432 g/mol. The zero-order chi connectivity index (χ0) is 21.5. The first-order valence-corrected chi connectivity index (χ1v) is 11.7. The maximum atomic E-state index is 11.7. The lowest BCUT2D eigenvalue weighted by atomic mass is 9.75. The molecule has 1 aromatic rings. The highest BCUT2D eigenvalue weighted by molar-refractivity contribution is 5.84. The van der Waals surface area contributed by atoms with Gasteiger partial charge in [-0.3, -0.25) is 4.79 Å². The molecule has 4 rings (SSSR count). The van der Waals surface area contributed by atoms with Crippen molar-refractivity contribution in [2.45, 2.75) is 57.6 Å². The van der Waals surface area contributed by atoms with Crippen molar-refractivity contribution in [3.8, 4) is 0 Å². The molecule has 0 amide bonds. The minimum Gasteiger partial charge on any atom is -0.384 e. The van der Waals surface area contributed by atoms with E-state index in [2.05, 4.69) is 6.08 Å². The summed E-state index contributed by atoms with van der Waals surface area (Å²) in [7, 11) is 1.76. The SMILES string of the molecule is COCC1(COCC2CCOCC2)CC=C(c2nn(C3CCCCO3)cc2C=O)CC1. The molecule has 2 atom stereocenters. The van der Waals surface area contributed by atoms with E-state index in [4.69, 9.17) is 24.0 Å². The maximum absolute atomic E-state index is 11.7. The van der Waals surface area contributed by atoms with Gasteiger partial charge >= 0.3 is 0 Å². The molecule has 0 aromatic carbocycles. The summed E-state index contributed by atoms with van der Waals surface area (Å²) in [5.74, 6) is 0.601. The molecule has 2 aliphatic heterocycles. The first kappa shape index (κ1) is 22.6. The topological polar surface area (TPSA) is 71.8 Å². The standard InChI is InChI=1S/C24H36N2O5/c1-28-17-24(18-30-16-19-7-12-29-13-8-19)9-5-20(6-10-24)23-21(15-27)14-26(25-23)22-4-2-3-11-31-22/h5,14-15,19,22H,2-4,6-13,16-18H2,1H3. The highest BCUT2D eigenvalue weighted by Gasteiger charge is 2.34. The quantitative estimate of drug-likeness (QED) is 0.549. The summed E-state index contributed by atoms with van der Waals surface area (Å²) in [5, 5.41) is 4.76. The van der Waals surface area contributed by atoms with E-state index in [0.717, 1.165) is 95.3 Å². The minimum atomic E-state index is -0.0587. The second-order valence-corrected chi connectivity index (χ2v) is 9.29. The lowest BCUT2D eigenvalue weighted by Crippen LogP contribution is -2.34. The second-order valence-electron chi connectivity index (χ2n) is 9.29. The van der Waals surface area contributed by atoms with Gasteiger partial charge in [-0.05, 0) is 62.9 Å². The molecule has 0 saturated carbocycles. The third-order valence-corrected chi connectivity index (χ3v) is 6.90. The van der Waals surface area contributed by atoms with E-state index in [0.29, 0.717) is 24.7 Å². The van der Waals surface area contributed by atoms with Gasteiger partial charge in [-0.2, -0.15) is 5.10 Å². The molecular formula is C24H36N2O5. The van der Waals surface area contributed by atoms with Crippen molar-refractivity contribution in [3.63, 3.8) is 0 Å². The Hall–Kier alpha value is -1.54. The van der Waals surface area contributed by atoms with Gasteiger partial charge in [0.05, 0.1) is 24.5 Å². The van der Waals surface area contributed by atoms with Crippen LogP contribution in [0.3, 0.4) is 0 Å². The van der Waals surface area contributed by atoms with Crippen molar-refractivity contribution < 1.29 is 23.7 Å². The first-order chi connectivity index (χ1) is 15.2. The Morgan fingerprint density at radius 3 is 2.77 bits per heavy atom. The van der Waals surface area contributed by atoms with E-state index >= 15 is 0 Å². The van der Waals surface area contributed by atoms with Crippen molar-refractivity contribution in [2.24, 2.45) is 11.3 Å². The third-order valence-electron chi connectivity index (χ3n) is 6.90. The molecule has 3 heterocycles. The third kappa shape index (κ3) is 5.64. The summed E-state index contributed by atoms with van der Waals surface area (Å²) < 4.78 is 24.9. The number of allylic oxidation sites excluding steroid dienone is 2. The molecule has 172 valence electrons. The van der Waals surface area contributed by atoms with Crippen molar-refractivity contribution in [1.82, 2.24) is 9.78 Å². The summed E-state index contributed by atoms with van der Waals surface area (Å²) >= 11 is 0. The molecular weight excluding hydrogens is 396 g/mol. The lowest BCUT2D eigenvalue weighted by Gasteiger charge is -2.36. The Bertz CT molecular complexity index is 749. The van der Waals surface area contributed by atoms with Crippen LogP contribution in [0.1, 0.15) is 73.6 Å². The van der Waals surface area contributed by atoms with Crippen LogP contribution < -0.4 is 0 Å². The van der Waals surface area contributed by atoms with E-state index in [1.165, 1.54) is 0 Å². The van der Waals surface area contributed by atoms with Crippen LogP contribution in [0.15, 0.2) is 12.3 Å². The number of aromatic nitrogens is 2. The number of hydrogen-bond acceptors (Lipinski definition) is 6. The van der Waals surface area contributed by atoms with E-state index in [1.807, 2.05) is 10.9 Å². The molecule has 2 saturated heterocycles. The van der Waals surface area contributed by atoms with Crippen molar-refractivity contribution >= 4 is 11.9 Å². The summed E-state index contributed by atoms with van der Waals surface area (Å²) in [6, 6.07) is 0. The van der Waals surface area contributed by atoms with Gasteiger partial charge in [0.15, 0.2) is 6.29 Å². The van der Waals surface area contributed by atoms with Crippen LogP contribution in [-0.4, -0.2) is 62.8 Å². The Balaban J connectivity index is 1.41. The largest absolute Gasteiger partial charge is 0.384 e. The first-order valence-electron chi connectivity index (χ1n) is 11.7.